The predicted octanol–water partition coefficient (Wildman–Crippen LogP) is 5.22. The fourth-order valence-electron chi connectivity index (χ4n) is 2.71. The van der Waals surface area contributed by atoms with Gasteiger partial charge in [0, 0.05) is 26.2 Å². The molecule has 0 heterocycles. The zero-order valence-electron chi connectivity index (χ0n) is 17.7. The van der Waals surface area contributed by atoms with Gasteiger partial charge in [-0.1, -0.05) is 48.7 Å². The van der Waals surface area contributed by atoms with Gasteiger partial charge in [-0.05, 0) is 70.8 Å². The SMILES string of the molecule is CCN(Cc1ccc(OC=O)cc1)C(=S)SSC(=S)N(CC)Cc1ccc(C(=O)O)cc1. The van der Waals surface area contributed by atoms with Crippen molar-refractivity contribution < 1.29 is 19.4 Å². The van der Waals surface area contributed by atoms with Gasteiger partial charge in [-0.2, -0.15) is 0 Å². The molecule has 0 aromatic heterocycles. The van der Waals surface area contributed by atoms with Crippen molar-refractivity contribution in [2.75, 3.05) is 13.1 Å². The summed E-state index contributed by atoms with van der Waals surface area (Å²) in [5, 5.41) is 9.03. The molecule has 0 aliphatic heterocycles. The molecule has 2 rings (SSSR count). The minimum Gasteiger partial charge on any atom is -0.478 e. The maximum atomic E-state index is 11.0. The highest BCUT2D eigenvalue weighted by Crippen LogP contribution is 2.30. The van der Waals surface area contributed by atoms with Gasteiger partial charge in [-0.25, -0.2) is 4.79 Å². The number of carboxylic acid groups (broad SMARTS) is 1. The Hall–Kier alpha value is -2.14. The van der Waals surface area contributed by atoms with Crippen LogP contribution in [0, 0.1) is 0 Å². The Morgan fingerprint density at radius 1 is 0.906 bits per heavy atom. The number of aromatic carboxylic acids is 1. The predicted molar refractivity (Wildman–Crippen MR) is 139 cm³/mol. The first-order chi connectivity index (χ1) is 15.4. The Morgan fingerprint density at radius 2 is 1.34 bits per heavy atom. The number of carbonyl (C=O) groups is 2. The number of carbonyl (C=O) groups excluding carboxylic acids is 1. The zero-order chi connectivity index (χ0) is 23.5. The van der Waals surface area contributed by atoms with Crippen molar-refractivity contribution in [3.8, 4) is 5.75 Å². The Balaban J connectivity index is 1.89. The molecule has 0 spiro atoms. The third-order valence-electron chi connectivity index (χ3n) is 4.52. The van der Waals surface area contributed by atoms with E-state index in [9.17, 15) is 9.59 Å². The van der Waals surface area contributed by atoms with Crippen LogP contribution in [0.15, 0.2) is 48.5 Å². The number of ether oxygens (including phenoxy) is 1. The van der Waals surface area contributed by atoms with E-state index in [0.717, 1.165) is 28.5 Å². The molecule has 10 heteroatoms. The number of hydrogen-bond acceptors (Lipinski definition) is 7. The highest BCUT2D eigenvalue weighted by Gasteiger charge is 2.15. The van der Waals surface area contributed by atoms with Crippen LogP contribution >= 0.6 is 46.0 Å². The summed E-state index contributed by atoms with van der Waals surface area (Å²) < 4.78 is 6.27. The lowest BCUT2D eigenvalue weighted by atomic mass is 10.1. The molecule has 170 valence electrons. The van der Waals surface area contributed by atoms with Gasteiger partial charge < -0.3 is 19.6 Å². The van der Waals surface area contributed by atoms with Crippen LogP contribution in [0.3, 0.4) is 0 Å². The van der Waals surface area contributed by atoms with Gasteiger partial charge in [0.05, 0.1) is 5.56 Å². The summed E-state index contributed by atoms with van der Waals surface area (Å²) in [7, 11) is 2.90. The number of rotatable bonds is 9. The zero-order valence-corrected chi connectivity index (χ0v) is 21.0. The first kappa shape index (κ1) is 26.1. The van der Waals surface area contributed by atoms with Crippen LogP contribution in [0.5, 0.6) is 5.75 Å². The number of thiocarbonyl (C=S) groups is 2. The average molecular weight is 509 g/mol. The third-order valence-corrected chi connectivity index (χ3v) is 8.25. The molecule has 2 aromatic carbocycles. The first-order valence-corrected chi connectivity index (χ1v) is 12.8. The second kappa shape index (κ2) is 13.4. The molecule has 0 aliphatic rings. The average Bonchev–Trinajstić information content (AvgIpc) is 2.80. The van der Waals surface area contributed by atoms with Crippen LogP contribution in [0.4, 0.5) is 0 Å². The van der Waals surface area contributed by atoms with Crippen molar-refractivity contribution >= 4 is 67.1 Å². The van der Waals surface area contributed by atoms with E-state index in [2.05, 4.69) is 4.90 Å². The Morgan fingerprint density at radius 3 is 1.72 bits per heavy atom. The van der Waals surface area contributed by atoms with E-state index in [1.165, 1.54) is 21.6 Å². The van der Waals surface area contributed by atoms with Gasteiger partial charge in [0.15, 0.2) is 0 Å². The summed E-state index contributed by atoms with van der Waals surface area (Å²) in [6.45, 7) is 7.19. The van der Waals surface area contributed by atoms with Crippen LogP contribution in [0.1, 0.15) is 35.3 Å². The largest absolute Gasteiger partial charge is 0.478 e. The van der Waals surface area contributed by atoms with Crippen molar-refractivity contribution in [2.24, 2.45) is 0 Å². The molecular formula is C22H24N2O4S4. The summed E-state index contributed by atoms with van der Waals surface area (Å²) in [5.74, 6) is -0.437. The van der Waals surface area contributed by atoms with Crippen molar-refractivity contribution in [1.82, 2.24) is 9.80 Å². The lowest BCUT2D eigenvalue weighted by molar-refractivity contribution is -0.120. The minimum absolute atomic E-state index is 0.264. The number of nitrogens with zero attached hydrogens (tertiary/aromatic N) is 2. The second-order valence-electron chi connectivity index (χ2n) is 6.59. The minimum atomic E-state index is -0.939. The number of hydrogen-bond donors (Lipinski definition) is 1. The Kier molecular flexibility index (Phi) is 10.9. The summed E-state index contributed by atoms with van der Waals surface area (Å²) in [5.41, 5.74) is 2.31. The highest BCUT2D eigenvalue weighted by molar-refractivity contribution is 8.89. The van der Waals surface area contributed by atoms with Crippen LogP contribution in [0.25, 0.3) is 0 Å². The smallest absolute Gasteiger partial charge is 0.335 e. The van der Waals surface area contributed by atoms with Crippen molar-refractivity contribution in [3.63, 3.8) is 0 Å². The molecule has 0 fully saturated rings. The van der Waals surface area contributed by atoms with E-state index in [1.807, 2.05) is 30.9 Å². The molecule has 0 radical (unpaired) electrons. The molecule has 0 aliphatic carbocycles. The molecule has 0 bridgehead atoms. The van der Waals surface area contributed by atoms with E-state index in [1.54, 1.807) is 36.4 Å². The van der Waals surface area contributed by atoms with Gasteiger partial charge in [0.25, 0.3) is 6.47 Å². The van der Waals surface area contributed by atoms with E-state index in [0.29, 0.717) is 29.6 Å². The quantitative estimate of drug-likeness (QED) is 0.277. The van der Waals surface area contributed by atoms with Gasteiger partial charge in [-0.15, -0.1) is 0 Å². The van der Waals surface area contributed by atoms with Gasteiger partial charge in [0.1, 0.15) is 14.4 Å². The number of benzene rings is 2. The Bertz CT molecular complexity index is 936. The van der Waals surface area contributed by atoms with Crippen LogP contribution in [-0.4, -0.2) is 49.1 Å². The topological polar surface area (TPSA) is 70.1 Å². The molecule has 32 heavy (non-hydrogen) atoms. The summed E-state index contributed by atoms with van der Waals surface area (Å²) in [4.78, 5) is 25.6. The van der Waals surface area contributed by atoms with Crippen LogP contribution in [-0.2, 0) is 17.9 Å². The monoisotopic (exact) mass is 508 g/mol. The van der Waals surface area contributed by atoms with Crippen LogP contribution < -0.4 is 4.74 Å². The standard InChI is InChI=1S/C22H24N2O4S4/c1-3-23(13-16-5-9-18(10-6-16)20(26)27)21(29)31-32-22(30)24(4-2)14-17-7-11-19(12-8-17)28-15-25/h5-12,15H,3-4,13-14H2,1-2H3,(H,26,27). The Labute approximate surface area is 206 Å². The van der Waals surface area contributed by atoms with E-state index < -0.39 is 5.97 Å². The molecule has 1 N–H and O–H groups in total. The number of carboxylic acids is 1. The maximum absolute atomic E-state index is 11.0. The summed E-state index contributed by atoms with van der Waals surface area (Å²) in [6.07, 6.45) is 0. The second-order valence-corrected chi connectivity index (χ2v) is 9.98. The maximum Gasteiger partial charge on any atom is 0.335 e. The van der Waals surface area contributed by atoms with Crippen molar-refractivity contribution in [3.05, 3.63) is 65.2 Å². The van der Waals surface area contributed by atoms with Crippen LogP contribution in [0.2, 0.25) is 0 Å². The highest BCUT2D eigenvalue weighted by atomic mass is 33.1. The van der Waals surface area contributed by atoms with E-state index >= 15 is 0 Å². The van der Waals surface area contributed by atoms with Gasteiger partial charge >= 0.3 is 5.97 Å². The molecule has 6 nitrogen and oxygen atoms in total. The van der Waals surface area contributed by atoms with E-state index in [4.69, 9.17) is 34.3 Å². The fraction of sp³-hybridized carbons (Fsp3) is 0.273. The molecular weight excluding hydrogens is 485 g/mol. The lowest BCUT2D eigenvalue weighted by Gasteiger charge is -2.25. The van der Waals surface area contributed by atoms with Crippen molar-refractivity contribution in [2.45, 2.75) is 26.9 Å². The lowest BCUT2D eigenvalue weighted by Crippen LogP contribution is -2.28. The molecule has 0 unspecified atom stereocenters. The first-order valence-electron chi connectivity index (χ1n) is 9.81. The van der Waals surface area contributed by atoms with Crippen molar-refractivity contribution in [1.29, 1.82) is 0 Å². The molecule has 0 amide bonds. The normalized spacial score (nSPS) is 10.3. The van der Waals surface area contributed by atoms with Gasteiger partial charge in [-0.3, -0.25) is 4.79 Å². The molecule has 0 saturated heterocycles. The fourth-order valence-corrected chi connectivity index (χ4v) is 5.51. The summed E-state index contributed by atoms with van der Waals surface area (Å²) in [6, 6.07) is 14.1. The molecule has 0 saturated carbocycles. The third kappa shape index (κ3) is 8.09. The molecule has 0 atom stereocenters. The van der Waals surface area contributed by atoms with E-state index in [-0.39, 0.29) is 5.56 Å². The molecule has 2 aromatic rings. The van der Waals surface area contributed by atoms with Gasteiger partial charge in [0.2, 0.25) is 0 Å². The summed E-state index contributed by atoms with van der Waals surface area (Å²) >= 11 is 11.2.